The van der Waals surface area contributed by atoms with Gasteiger partial charge in [-0.05, 0) is 18.7 Å². The van der Waals surface area contributed by atoms with E-state index in [0.717, 1.165) is 26.2 Å². The summed E-state index contributed by atoms with van der Waals surface area (Å²) in [6.07, 6.45) is -2.47. The van der Waals surface area contributed by atoms with Crippen LogP contribution in [0.2, 0.25) is 0 Å². The van der Waals surface area contributed by atoms with Crippen LogP contribution in [0.5, 0.6) is 0 Å². The van der Waals surface area contributed by atoms with Crippen molar-refractivity contribution in [2.24, 2.45) is 0 Å². The van der Waals surface area contributed by atoms with Crippen LogP contribution in [0.4, 0.5) is 0 Å². The van der Waals surface area contributed by atoms with Crippen molar-refractivity contribution < 1.29 is 186 Å². The molecule has 3 fully saturated rings. The SMILES string of the molecule is COC(=O)C1(OC)CCN(Cc2ccccc2)C1.COC(=O)C1(OC)CCNC1.COC(=O)[C@]1(OC)CCNC1.O=C(O)[C@H](O)[C@@H](O)C(=O)O.[HH].[V].[V].[V].[V].[V].[V]. The maximum Gasteiger partial charge on any atom is 0.339 e. The van der Waals surface area contributed by atoms with Crippen LogP contribution in [0.25, 0.3) is 0 Å². The number of hydrogen-bond donors (Lipinski definition) is 6. The predicted octanol–water partition coefficient (Wildman–Crippen LogP) is -1.37. The molecule has 1 aromatic rings. The molecule has 0 bridgehead atoms. The van der Waals surface area contributed by atoms with E-state index >= 15 is 0 Å². The Bertz CT molecular complexity index is 1200. The Labute approximate surface area is 400 Å². The molecule has 316 valence electrons. The minimum atomic E-state index is -2.27. The number of aliphatic hydroxyl groups is 2. The maximum atomic E-state index is 11.8. The van der Waals surface area contributed by atoms with Gasteiger partial charge >= 0.3 is 29.8 Å². The summed E-state index contributed by atoms with van der Waals surface area (Å²) in [5.74, 6) is -4.39. The van der Waals surface area contributed by atoms with E-state index in [1.165, 1.54) is 41.1 Å². The van der Waals surface area contributed by atoms with Crippen molar-refractivity contribution in [1.29, 1.82) is 0 Å². The molecule has 5 atom stereocenters. The Hall–Kier alpha value is -0.244. The third-order valence-electron chi connectivity index (χ3n) is 8.44. The Kier molecular flexibility index (Phi) is 41.6. The summed E-state index contributed by atoms with van der Waals surface area (Å²) in [6, 6.07) is 10.2. The third-order valence-corrected chi connectivity index (χ3v) is 8.44. The molecule has 6 N–H and O–H groups in total. The first kappa shape index (κ1) is 67.5. The minimum Gasteiger partial charge on any atom is -0.479 e. The molecule has 0 aliphatic carbocycles. The zero-order valence-electron chi connectivity index (χ0n) is 32.0. The van der Waals surface area contributed by atoms with E-state index in [4.69, 9.17) is 39.4 Å². The Morgan fingerprint density at radius 3 is 1.29 bits per heavy atom. The average Bonchev–Trinajstić information content (AvgIpc) is 3.92. The van der Waals surface area contributed by atoms with Gasteiger partial charge in [-0.1, -0.05) is 30.3 Å². The molecule has 56 heavy (non-hydrogen) atoms. The van der Waals surface area contributed by atoms with Crippen LogP contribution in [0.3, 0.4) is 0 Å². The van der Waals surface area contributed by atoms with Gasteiger partial charge in [0, 0.05) is 186 Å². The average molecular weight is 1030 g/mol. The van der Waals surface area contributed by atoms with Gasteiger partial charge in [-0.3, -0.25) is 4.90 Å². The maximum absolute atomic E-state index is 11.8. The number of methoxy groups -OCH3 is 6. The van der Waals surface area contributed by atoms with Gasteiger partial charge in [0.05, 0.1) is 21.3 Å². The molecule has 0 spiro atoms. The van der Waals surface area contributed by atoms with Crippen LogP contribution in [0.1, 0.15) is 26.3 Å². The van der Waals surface area contributed by atoms with Gasteiger partial charge in [-0.25, -0.2) is 24.0 Å². The summed E-state index contributed by atoms with van der Waals surface area (Å²) in [5, 5.41) is 38.6. The number of carbonyl (C=O) groups is 5. The number of ether oxygens (including phenoxy) is 6. The fourth-order valence-corrected chi connectivity index (χ4v) is 5.28. The second kappa shape index (κ2) is 34.5. The number of rotatable bonds is 11. The van der Waals surface area contributed by atoms with Crippen molar-refractivity contribution in [2.45, 2.75) is 54.8 Å². The smallest absolute Gasteiger partial charge is 0.339 e. The number of likely N-dealkylation sites (tertiary alicyclic amines) is 1. The first-order valence-corrected chi connectivity index (χ1v) is 15.6. The first-order chi connectivity index (χ1) is 23.7. The largest absolute Gasteiger partial charge is 0.479 e. The summed E-state index contributed by atoms with van der Waals surface area (Å²) in [5.41, 5.74) is -0.998. The van der Waals surface area contributed by atoms with Crippen molar-refractivity contribution in [3.8, 4) is 0 Å². The molecule has 0 amide bonds. The fraction of sp³-hybridized carbons (Fsp3) is 0.656. The van der Waals surface area contributed by atoms with Gasteiger partial charge in [0.25, 0.3) is 0 Å². The molecule has 3 saturated heterocycles. The number of hydrogen-bond acceptors (Lipinski definition) is 16. The van der Waals surface area contributed by atoms with Gasteiger partial charge in [-0.15, -0.1) is 0 Å². The van der Waals surface area contributed by atoms with Crippen LogP contribution >= 0.6 is 0 Å². The second-order valence-corrected chi connectivity index (χ2v) is 11.4. The number of nitrogens with one attached hydrogen (secondary N) is 2. The topological polar surface area (TPSA) is 249 Å². The van der Waals surface area contributed by atoms with Crippen molar-refractivity contribution in [1.82, 2.24) is 15.5 Å². The number of esters is 3. The molecule has 6 radical (unpaired) electrons. The Morgan fingerprint density at radius 1 is 0.643 bits per heavy atom. The molecule has 3 heterocycles. The van der Waals surface area contributed by atoms with Crippen LogP contribution in [0, 0.1) is 0 Å². The summed E-state index contributed by atoms with van der Waals surface area (Å²) in [4.78, 5) is 55.9. The predicted molar refractivity (Wildman–Crippen MR) is 176 cm³/mol. The molecule has 24 heteroatoms. The monoisotopic (exact) mass is 1030 g/mol. The van der Waals surface area contributed by atoms with Crippen LogP contribution < -0.4 is 10.6 Å². The van der Waals surface area contributed by atoms with Gasteiger partial charge in [0.15, 0.2) is 29.0 Å². The molecule has 3 aliphatic heterocycles. The van der Waals surface area contributed by atoms with E-state index in [9.17, 15) is 24.0 Å². The number of carbonyl (C=O) groups excluding carboxylic acids is 3. The van der Waals surface area contributed by atoms with Crippen molar-refractivity contribution in [2.75, 3.05) is 81.9 Å². The zero-order valence-corrected chi connectivity index (χ0v) is 40.4. The number of nitrogens with zero attached hydrogens (tertiary/aromatic N) is 1. The molecule has 0 aromatic heterocycles. The van der Waals surface area contributed by atoms with Gasteiger partial charge < -0.3 is 59.5 Å². The number of carboxylic acid groups (broad SMARTS) is 2. The van der Waals surface area contributed by atoms with Crippen LogP contribution in [-0.4, -0.2) is 166 Å². The quantitative estimate of drug-likeness (QED) is 0.111. The summed E-state index contributed by atoms with van der Waals surface area (Å²) >= 11 is 0. The fourth-order valence-electron chi connectivity index (χ4n) is 5.28. The Balaban J connectivity index is -0.000000116. The van der Waals surface area contributed by atoms with Crippen molar-refractivity contribution >= 4 is 29.8 Å². The van der Waals surface area contributed by atoms with E-state index in [1.807, 2.05) is 18.2 Å². The standard InChI is InChI=1S/C14H19NO3.2C7H13NO3.C4H6O6.6V.H2/c1-17-13(16)14(18-2)8-9-15(11-14)10-12-6-4-3-5-7-12;2*1-10-6(9)7(11-2)3-4-8-5-7;5-1(3(7)8)2(6)4(9)10;;;;;;;/h3-7H,8-11H2,1-2H3;2*8H,3-5H2,1-2H3;1-2,5-6H,(H,7,8)(H,9,10);;;;;;;1H/t;7-;;1-,2-;;;;;;;/m.0.1......./s1. The molecule has 2 unspecified atom stereocenters. The minimum absolute atomic E-state index is 0. The van der Waals surface area contributed by atoms with Crippen molar-refractivity contribution in [3.05, 3.63) is 35.9 Å². The zero-order chi connectivity index (χ0) is 38.0. The molecular weight excluding hydrogens is 972 g/mol. The molecule has 4 rings (SSSR count). The molecule has 0 saturated carbocycles. The number of aliphatic carboxylic acids is 2. The van der Waals surface area contributed by atoms with E-state index in [-0.39, 0.29) is 131 Å². The van der Waals surface area contributed by atoms with Gasteiger partial charge in [-0.2, -0.15) is 0 Å². The normalized spacial score (nSPS) is 22.5. The van der Waals surface area contributed by atoms with Crippen molar-refractivity contribution in [3.63, 3.8) is 0 Å². The number of aliphatic hydroxyl groups excluding tert-OH is 2. The molecule has 3 aliphatic rings. The molecular formula is C32H53N3O15V6. The van der Waals surface area contributed by atoms with E-state index in [0.29, 0.717) is 38.9 Å². The number of carboxylic acids is 2. The second-order valence-electron chi connectivity index (χ2n) is 11.4. The van der Waals surface area contributed by atoms with Gasteiger partial charge in [0.1, 0.15) is 0 Å². The first-order valence-electron chi connectivity index (χ1n) is 15.6. The van der Waals surface area contributed by atoms with E-state index < -0.39 is 40.9 Å². The summed E-state index contributed by atoms with van der Waals surface area (Å²) < 4.78 is 29.7. The van der Waals surface area contributed by atoms with Gasteiger partial charge in [0.2, 0.25) is 0 Å². The van der Waals surface area contributed by atoms with E-state index in [1.54, 1.807) is 7.11 Å². The molecule has 18 nitrogen and oxygen atoms in total. The Morgan fingerprint density at radius 2 is 1.00 bits per heavy atom. The van der Waals surface area contributed by atoms with E-state index in [2.05, 4.69) is 37.1 Å². The van der Waals surface area contributed by atoms with Crippen LogP contribution in [-0.2, 0) is 170 Å². The third kappa shape index (κ3) is 20.3. The summed E-state index contributed by atoms with van der Waals surface area (Å²) in [6.45, 7) is 4.99. The summed E-state index contributed by atoms with van der Waals surface area (Å²) in [7, 11) is 8.79. The van der Waals surface area contributed by atoms with Crippen LogP contribution in [0.15, 0.2) is 30.3 Å². The number of benzene rings is 1. The molecule has 1 aromatic carbocycles.